The second-order valence-corrected chi connectivity index (χ2v) is 11.1. The molecule has 0 atom stereocenters. The lowest BCUT2D eigenvalue weighted by molar-refractivity contribution is 0.308. The highest BCUT2D eigenvalue weighted by atomic mass is 19.1. The number of hydrogen-bond donors (Lipinski definition) is 0. The van der Waals surface area contributed by atoms with Gasteiger partial charge in [0, 0.05) is 0 Å². The van der Waals surface area contributed by atoms with Crippen molar-refractivity contribution >= 4 is 0 Å². The van der Waals surface area contributed by atoms with E-state index in [2.05, 4.69) is 65.8 Å². The second kappa shape index (κ2) is 23.5. The molecule has 2 aliphatic rings. The third kappa shape index (κ3) is 21.0. The third-order valence-electron chi connectivity index (χ3n) is 7.15. The first-order chi connectivity index (χ1) is 15.6. The highest BCUT2D eigenvalue weighted by Gasteiger charge is 2.13. The SMILES string of the molecule is C.C.C.C.CC1CCC(C)CC1.CC1CCC(C)CC1.Cc1ccc(C)c(F)c1.Cc1ccc(C)cc1. The van der Waals surface area contributed by atoms with E-state index in [-0.39, 0.29) is 35.5 Å². The van der Waals surface area contributed by atoms with Crippen LogP contribution in [0.4, 0.5) is 4.39 Å². The van der Waals surface area contributed by atoms with E-state index in [0.717, 1.165) is 29.2 Å². The number of rotatable bonds is 0. The zero-order valence-corrected chi connectivity index (χ0v) is 22.9. The minimum atomic E-state index is -0.116. The summed E-state index contributed by atoms with van der Waals surface area (Å²) in [5.74, 6) is 3.96. The average Bonchev–Trinajstić information content (AvgIpc) is 2.79. The Labute approximate surface area is 234 Å². The lowest BCUT2D eigenvalue weighted by Crippen LogP contribution is -2.08. The molecule has 0 amide bonds. The van der Waals surface area contributed by atoms with Gasteiger partial charge in [-0.2, -0.15) is 0 Å². The molecule has 2 aliphatic carbocycles. The van der Waals surface area contributed by atoms with Crippen molar-refractivity contribution in [2.75, 3.05) is 0 Å². The molecule has 0 radical (unpaired) electrons. The van der Waals surface area contributed by atoms with Gasteiger partial charge in [-0.3, -0.25) is 0 Å². The summed E-state index contributed by atoms with van der Waals surface area (Å²) in [5.41, 5.74) is 4.34. The molecule has 2 saturated carbocycles. The van der Waals surface area contributed by atoms with Crippen molar-refractivity contribution in [2.24, 2.45) is 23.7 Å². The van der Waals surface area contributed by atoms with Crippen LogP contribution in [0.25, 0.3) is 0 Å². The molecule has 0 saturated heterocycles. The van der Waals surface area contributed by atoms with E-state index in [1.807, 2.05) is 13.0 Å². The summed E-state index contributed by atoms with van der Waals surface area (Å²) < 4.78 is 12.6. The molecule has 0 unspecified atom stereocenters. The smallest absolute Gasteiger partial charge is 0.126 e. The van der Waals surface area contributed by atoms with Gasteiger partial charge in [-0.15, -0.1) is 0 Å². The fraction of sp³-hybridized carbons (Fsp3) is 0.667. The van der Waals surface area contributed by atoms with E-state index in [1.54, 1.807) is 13.0 Å². The zero-order chi connectivity index (χ0) is 24.8. The molecule has 0 aromatic heterocycles. The van der Waals surface area contributed by atoms with E-state index in [4.69, 9.17) is 0 Å². The Balaban J connectivity index is -0.000000190. The molecular formula is C36H67F. The van der Waals surface area contributed by atoms with Crippen molar-refractivity contribution < 1.29 is 4.39 Å². The van der Waals surface area contributed by atoms with Gasteiger partial charge >= 0.3 is 0 Å². The van der Waals surface area contributed by atoms with Crippen LogP contribution in [0.1, 0.15) is 131 Å². The third-order valence-corrected chi connectivity index (χ3v) is 7.15. The summed E-state index contributed by atoms with van der Waals surface area (Å²) in [6.07, 6.45) is 11.8. The van der Waals surface area contributed by atoms with Crippen LogP contribution in [0.3, 0.4) is 0 Å². The van der Waals surface area contributed by atoms with Gasteiger partial charge in [0.1, 0.15) is 5.82 Å². The molecule has 2 aromatic rings. The largest absolute Gasteiger partial charge is 0.207 e. The molecule has 4 rings (SSSR count). The van der Waals surface area contributed by atoms with E-state index in [0.29, 0.717) is 5.56 Å². The van der Waals surface area contributed by atoms with Gasteiger partial charge in [-0.25, -0.2) is 4.39 Å². The van der Waals surface area contributed by atoms with E-state index in [1.165, 1.54) is 68.6 Å². The normalized spacial score (nSPS) is 21.5. The lowest BCUT2D eigenvalue weighted by atomic mass is 9.84. The lowest BCUT2D eigenvalue weighted by Gasteiger charge is -2.22. The standard InChI is InChI=1S/C8H9F.2C8H16.C8H10.4CH4/c1-6-3-4-7(2)8(9)5-6;3*1-7-3-5-8(2)6-4-7;;;;/h3-5H,1-2H3;2*7-8H,3-6H2,1-2H3;3-6H,1-2H3;4*1H4. The van der Waals surface area contributed by atoms with Crippen molar-refractivity contribution in [3.05, 3.63) is 70.5 Å². The first-order valence-electron chi connectivity index (χ1n) is 13.3. The highest BCUT2D eigenvalue weighted by molar-refractivity contribution is 5.21. The van der Waals surface area contributed by atoms with Crippen LogP contribution < -0.4 is 0 Å². The quantitative estimate of drug-likeness (QED) is 0.325. The van der Waals surface area contributed by atoms with Crippen molar-refractivity contribution in [3.63, 3.8) is 0 Å². The summed E-state index contributed by atoms with van der Waals surface area (Å²) in [7, 11) is 0. The van der Waals surface area contributed by atoms with Gasteiger partial charge in [0.25, 0.3) is 0 Å². The van der Waals surface area contributed by atoms with E-state index < -0.39 is 0 Å². The molecule has 2 fully saturated rings. The molecule has 0 nitrogen and oxygen atoms in total. The number of benzene rings is 2. The first-order valence-corrected chi connectivity index (χ1v) is 13.3. The molecule has 0 spiro atoms. The molecule has 0 aliphatic heterocycles. The van der Waals surface area contributed by atoms with Crippen molar-refractivity contribution in [2.45, 2.75) is 136 Å². The van der Waals surface area contributed by atoms with Gasteiger partial charge in [0.05, 0.1) is 0 Å². The summed E-state index contributed by atoms with van der Waals surface area (Å²) in [4.78, 5) is 0. The second-order valence-electron chi connectivity index (χ2n) is 11.1. The Morgan fingerprint density at radius 3 is 0.919 bits per heavy atom. The fourth-order valence-electron chi connectivity index (χ4n) is 4.19. The maximum atomic E-state index is 12.6. The van der Waals surface area contributed by atoms with Crippen LogP contribution >= 0.6 is 0 Å². The van der Waals surface area contributed by atoms with E-state index >= 15 is 0 Å². The topological polar surface area (TPSA) is 0 Å². The van der Waals surface area contributed by atoms with Gasteiger partial charge in [0.15, 0.2) is 0 Å². The molecule has 0 heterocycles. The Kier molecular flexibility index (Phi) is 26.9. The predicted molar refractivity (Wildman–Crippen MR) is 172 cm³/mol. The summed E-state index contributed by atoms with van der Waals surface area (Å²) in [6, 6.07) is 13.7. The average molecular weight is 519 g/mol. The number of aryl methyl sites for hydroxylation is 4. The zero-order valence-electron chi connectivity index (χ0n) is 22.9. The molecule has 218 valence electrons. The van der Waals surface area contributed by atoms with Crippen LogP contribution in [0.15, 0.2) is 42.5 Å². The molecule has 0 bridgehead atoms. The van der Waals surface area contributed by atoms with Gasteiger partial charge in [-0.05, 0) is 68.6 Å². The van der Waals surface area contributed by atoms with Crippen molar-refractivity contribution in [1.29, 1.82) is 0 Å². The van der Waals surface area contributed by atoms with Gasteiger partial charge in [-0.1, -0.05) is 156 Å². The molecular weight excluding hydrogens is 451 g/mol. The molecule has 37 heavy (non-hydrogen) atoms. The van der Waals surface area contributed by atoms with Gasteiger partial charge < -0.3 is 0 Å². The van der Waals surface area contributed by atoms with Crippen LogP contribution in [0, 0.1) is 57.2 Å². The minimum absolute atomic E-state index is 0. The number of halogens is 1. The van der Waals surface area contributed by atoms with Crippen LogP contribution in [0.5, 0.6) is 0 Å². The molecule has 1 heteroatoms. The molecule has 2 aromatic carbocycles. The van der Waals surface area contributed by atoms with Crippen molar-refractivity contribution in [3.8, 4) is 0 Å². The van der Waals surface area contributed by atoms with Crippen LogP contribution in [-0.4, -0.2) is 0 Å². The summed E-state index contributed by atoms with van der Waals surface area (Å²) in [5, 5.41) is 0. The Bertz CT molecular complexity index is 684. The summed E-state index contributed by atoms with van der Waals surface area (Å²) >= 11 is 0. The summed E-state index contributed by atoms with van der Waals surface area (Å²) in [6.45, 7) is 17.3. The maximum Gasteiger partial charge on any atom is 0.126 e. The van der Waals surface area contributed by atoms with Gasteiger partial charge in [0.2, 0.25) is 0 Å². The highest BCUT2D eigenvalue weighted by Crippen LogP contribution is 2.27. The first kappa shape index (κ1) is 42.5. The van der Waals surface area contributed by atoms with Crippen molar-refractivity contribution in [1.82, 2.24) is 0 Å². The molecule has 0 N–H and O–H groups in total. The Morgan fingerprint density at radius 1 is 0.459 bits per heavy atom. The van der Waals surface area contributed by atoms with Crippen LogP contribution in [0.2, 0.25) is 0 Å². The predicted octanol–water partition coefficient (Wildman–Crippen LogP) is 13.0. The van der Waals surface area contributed by atoms with Crippen LogP contribution in [-0.2, 0) is 0 Å². The number of hydrogen-bond acceptors (Lipinski definition) is 0. The van der Waals surface area contributed by atoms with E-state index in [9.17, 15) is 4.39 Å². The monoisotopic (exact) mass is 519 g/mol. The fourth-order valence-corrected chi connectivity index (χ4v) is 4.19. The Morgan fingerprint density at radius 2 is 0.703 bits per heavy atom. The Hall–Kier alpha value is -1.63. The maximum absolute atomic E-state index is 12.6. The minimum Gasteiger partial charge on any atom is -0.207 e.